The van der Waals surface area contributed by atoms with Crippen LogP contribution in [0.3, 0.4) is 0 Å². The Balaban J connectivity index is 2.35. The Morgan fingerprint density at radius 1 is 1.43 bits per heavy atom. The minimum Gasteiger partial charge on any atom is -0.502 e. The number of hydrogen-bond donors (Lipinski definition) is 1. The van der Waals surface area contributed by atoms with Crippen molar-refractivity contribution >= 4 is 11.9 Å². The van der Waals surface area contributed by atoms with Gasteiger partial charge in [-0.05, 0) is 6.92 Å². The number of aliphatic hydroxyl groups excluding tert-OH is 1. The van der Waals surface area contributed by atoms with Crippen molar-refractivity contribution in [3.05, 3.63) is 23.2 Å². The first-order valence-corrected chi connectivity index (χ1v) is 4.15. The van der Waals surface area contributed by atoms with E-state index in [1.165, 1.54) is 0 Å². The van der Waals surface area contributed by atoms with Crippen LogP contribution in [0.2, 0.25) is 0 Å². The number of rotatable bonds is 0. The maximum absolute atomic E-state index is 11.2. The highest BCUT2D eigenvalue weighted by Gasteiger charge is 2.33. The molecule has 1 saturated heterocycles. The first kappa shape index (κ1) is 8.80. The third-order valence-corrected chi connectivity index (χ3v) is 2.02. The molecule has 0 aromatic heterocycles. The molecule has 1 unspecified atom stereocenters. The summed E-state index contributed by atoms with van der Waals surface area (Å²) < 4.78 is 9.53. The highest BCUT2D eigenvalue weighted by atomic mass is 16.6. The number of aliphatic hydroxyl groups is 1. The molecule has 0 saturated carbocycles. The number of cyclic esters (lactones) is 2. The highest BCUT2D eigenvalue weighted by Crippen LogP contribution is 2.27. The number of hydrogen-bond acceptors (Lipinski definition) is 5. The second kappa shape index (κ2) is 2.87. The molecule has 0 aliphatic carbocycles. The molecule has 0 aromatic carbocycles. The van der Waals surface area contributed by atoms with Gasteiger partial charge in [-0.25, -0.2) is 9.59 Å². The average Bonchev–Trinajstić information content (AvgIpc) is 2.57. The summed E-state index contributed by atoms with van der Waals surface area (Å²) in [6.07, 6.45) is 1.32. The van der Waals surface area contributed by atoms with Gasteiger partial charge in [0.1, 0.15) is 11.9 Å². The van der Waals surface area contributed by atoms with Gasteiger partial charge in [-0.3, -0.25) is 0 Å². The topological polar surface area (TPSA) is 72.8 Å². The number of esters is 2. The van der Waals surface area contributed by atoms with Gasteiger partial charge in [-0.2, -0.15) is 0 Å². The van der Waals surface area contributed by atoms with Crippen LogP contribution in [0, 0.1) is 0 Å². The molecule has 0 bridgehead atoms. The lowest BCUT2D eigenvalue weighted by Gasteiger charge is -1.96. The number of carbonyl (C=O) groups excluding carboxylic acids is 2. The molecule has 0 amide bonds. The minimum atomic E-state index is -0.833. The van der Waals surface area contributed by atoms with E-state index < -0.39 is 17.7 Å². The number of carbonyl (C=O) groups is 2. The Labute approximate surface area is 79.6 Å². The summed E-state index contributed by atoms with van der Waals surface area (Å²) in [6.45, 7) is 1.74. The van der Waals surface area contributed by atoms with Crippen molar-refractivity contribution < 1.29 is 24.2 Å². The normalized spacial score (nSPS) is 31.5. The SMILES string of the molecule is CC1C/C(=C2/C=C(O)C(=O)O2)C(=O)O1. The van der Waals surface area contributed by atoms with Crippen LogP contribution < -0.4 is 0 Å². The molecule has 0 radical (unpaired) electrons. The molecule has 1 N–H and O–H groups in total. The average molecular weight is 196 g/mol. The summed E-state index contributed by atoms with van der Waals surface area (Å²) in [5, 5.41) is 8.98. The fourth-order valence-corrected chi connectivity index (χ4v) is 1.38. The molecule has 2 rings (SSSR count). The Hall–Kier alpha value is -1.78. The highest BCUT2D eigenvalue weighted by molar-refractivity contribution is 5.96. The minimum absolute atomic E-state index is 0.0989. The molecule has 0 aromatic rings. The Kier molecular flexibility index (Phi) is 1.80. The fraction of sp³-hybridized carbons (Fsp3) is 0.333. The lowest BCUT2D eigenvalue weighted by Crippen LogP contribution is -2.02. The predicted molar refractivity (Wildman–Crippen MR) is 44.0 cm³/mol. The zero-order valence-electron chi connectivity index (χ0n) is 7.44. The van der Waals surface area contributed by atoms with Gasteiger partial charge < -0.3 is 14.6 Å². The van der Waals surface area contributed by atoms with Gasteiger partial charge in [0, 0.05) is 12.5 Å². The van der Waals surface area contributed by atoms with Gasteiger partial charge >= 0.3 is 11.9 Å². The third kappa shape index (κ3) is 1.26. The Morgan fingerprint density at radius 3 is 2.57 bits per heavy atom. The predicted octanol–water partition coefficient (Wildman–Crippen LogP) is 0.575. The van der Waals surface area contributed by atoms with E-state index in [4.69, 9.17) is 9.84 Å². The monoisotopic (exact) mass is 196 g/mol. The molecular formula is C9H8O5. The van der Waals surface area contributed by atoms with Gasteiger partial charge in [0.25, 0.3) is 0 Å². The second-order valence-corrected chi connectivity index (χ2v) is 3.18. The summed E-state index contributed by atoms with van der Waals surface area (Å²) in [4.78, 5) is 22.0. The van der Waals surface area contributed by atoms with Crippen molar-refractivity contribution in [2.24, 2.45) is 0 Å². The van der Waals surface area contributed by atoms with Crippen LogP contribution in [0.5, 0.6) is 0 Å². The standard InChI is InChI=1S/C9H8O5/c1-4-2-5(8(11)13-4)7-3-6(10)9(12)14-7/h3-4,10H,2H2,1H3/b7-5+. The van der Waals surface area contributed by atoms with Crippen molar-refractivity contribution in [3.63, 3.8) is 0 Å². The molecule has 5 heteroatoms. The van der Waals surface area contributed by atoms with Gasteiger partial charge in [-0.15, -0.1) is 0 Å². The zero-order valence-corrected chi connectivity index (χ0v) is 7.44. The molecular weight excluding hydrogens is 188 g/mol. The molecule has 1 atom stereocenters. The maximum Gasteiger partial charge on any atom is 0.378 e. The second-order valence-electron chi connectivity index (χ2n) is 3.18. The first-order valence-electron chi connectivity index (χ1n) is 4.15. The van der Waals surface area contributed by atoms with Crippen LogP contribution >= 0.6 is 0 Å². The fourth-order valence-electron chi connectivity index (χ4n) is 1.38. The Bertz CT molecular complexity index is 377. The molecule has 14 heavy (non-hydrogen) atoms. The van der Waals surface area contributed by atoms with E-state index in [0.717, 1.165) is 6.08 Å². The molecule has 1 fully saturated rings. The van der Waals surface area contributed by atoms with Gasteiger partial charge in [0.2, 0.25) is 5.76 Å². The smallest absolute Gasteiger partial charge is 0.378 e. The number of ether oxygens (including phenoxy) is 2. The molecule has 2 aliphatic rings. The van der Waals surface area contributed by atoms with Crippen LogP contribution in [0.4, 0.5) is 0 Å². The van der Waals surface area contributed by atoms with Crippen LogP contribution in [0.25, 0.3) is 0 Å². The van der Waals surface area contributed by atoms with Crippen molar-refractivity contribution in [2.45, 2.75) is 19.4 Å². The van der Waals surface area contributed by atoms with Crippen molar-refractivity contribution in [1.82, 2.24) is 0 Å². The van der Waals surface area contributed by atoms with Crippen LogP contribution in [-0.4, -0.2) is 23.1 Å². The summed E-state index contributed by atoms with van der Waals surface area (Å²) in [5.41, 5.74) is 0.301. The lowest BCUT2D eigenvalue weighted by molar-refractivity contribution is -0.138. The van der Waals surface area contributed by atoms with Crippen LogP contribution in [-0.2, 0) is 19.1 Å². The third-order valence-electron chi connectivity index (χ3n) is 2.02. The van der Waals surface area contributed by atoms with Crippen molar-refractivity contribution in [2.75, 3.05) is 0 Å². The number of allylic oxidation sites excluding steroid dienone is 1. The maximum atomic E-state index is 11.2. The van der Waals surface area contributed by atoms with E-state index in [-0.39, 0.29) is 11.9 Å². The summed E-state index contributed by atoms with van der Waals surface area (Å²) in [6, 6.07) is 0. The molecule has 2 aliphatic heterocycles. The van der Waals surface area contributed by atoms with Gasteiger partial charge in [-0.1, -0.05) is 0 Å². The summed E-state index contributed by atoms with van der Waals surface area (Å²) in [7, 11) is 0. The van der Waals surface area contributed by atoms with E-state index >= 15 is 0 Å². The van der Waals surface area contributed by atoms with Crippen molar-refractivity contribution in [3.8, 4) is 0 Å². The molecule has 2 heterocycles. The quantitative estimate of drug-likeness (QED) is 0.453. The lowest BCUT2D eigenvalue weighted by atomic mass is 10.1. The van der Waals surface area contributed by atoms with Gasteiger partial charge in [0.05, 0.1) is 5.57 Å². The van der Waals surface area contributed by atoms with Crippen LogP contribution in [0.1, 0.15) is 13.3 Å². The van der Waals surface area contributed by atoms with E-state index in [1.54, 1.807) is 6.92 Å². The largest absolute Gasteiger partial charge is 0.502 e. The molecule has 0 spiro atoms. The molecule has 74 valence electrons. The molecule has 5 nitrogen and oxygen atoms in total. The van der Waals surface area contributed by atoms with E-state index in [1.807, 2.05) is 0 Å². The van der Waals surface area contributed by atoms with Gasteiger partial charge in [0.15, 0.2) is 0 Å². The van der Waals surface area contributed by atoms with Crippen LogP contribution in [0.15, 0.2) is 23.2 Å². The zero-order chi connectivity index (χ0) is 10.3. The summed E-state index contributed by atoms with van der Waals surface area (Å²) in [5.74, 6) is -1.71. The van der Waals surface area contributed by atoms with E-state index in [2.05, 4.69) is 4.74 Å². The first-order chi connectivity index (χ1) is 6.58. The van der Waals surface area contributed by atoms with Crippen molar-refractivity contribution in [1.29, 1.82) is 0 Å². The summed E-state index contributed by atoms with van der Waals surface area (Å²) >= 11 is 0. The van der Waals surface area contributed by atoms with E-state index in [9.17, 15) is 9.59 Å². The van der Waals surface area contributed by atoms with E-state index in [0.29, 0.717) is 12.0 Å². The Morgan fingerprint density at radius 2 is 2.14 bits per heavy atom.